The number of allylic oxidation sites excluding steroid dienone is 2. The number of nitrogens with zero attached hydrogens (tertiary/aromatic N) is 1. The lowest BCUT2D eigenvalue weighted by Crippen LogP contribution is -2.29. The Morgan fingerprint density at radius 1 is 1.19 bits per heavy atom. The summed E-state index contributed by atoms with van der Waals surface area (Å²) in [5.41, 5.74) is 2.10. The van der Waals surface area contributed by atoms with Crippen LogP contribution in [-0.2, 0) is 10.2 Å². The van der Waals surface area contributed by atoms with Crippen LogP contribution in [0.4, 0.5) is 0 Å². The molecule has 0 aromatic heterocycles. The molecule has 1 fully saturated rings. The van der Waals surface area contributed by atoms with Gasteiger partial charge in [-0.05, 0) is 37.0 Å². The molecule has 1 saturated heterocycles. The molecule has 1 aromatic rings. The van der Waals surface area contributed by atoms with Crippen molar-refractivity contribution in [1.82, 2.24) is 4.90 Å². The molecule has 0 saturated carbocycles. The largest absolute Gasteiger partial charge is 0.493 e. The van der Waals surface area contributed by atoms with E-state index >= 15 is 0 Å². The standard InChI is InChI=1S/C17H21NO3/c1-18-15-6-4-5-9-17(15,11-16(18)19)12-7-8-13(20-2)14(10-12)21-3/h6-8,10H,4-5,9,11H2,1-3H3/t17-/m0/s1. The predicted molar refractivity (Wildman–Crippen MR) is 80.5 cm³/mol. The predicted octanol–water partition coefficient (Wildman–Crippen LogP) is 2.87. The molecule has 1 aromatic carbocycles. The number of ether oxygens (including phenoxy) is 2. The number of hydrogen-bond donors (Lipinski definition) is 0. The zero-order chi connectivity index (χ0) is 15.0. The minimum absolute atomic E-state index is 0.191. The fourth-order valence-corrected chi connectivity index (χ4v) is 3.64. The van der Waals surface area contributed by atoms with Crippen LogP contribution in [0.25, 0.3) is 0 Å². The lowest BCUT2D eigenvalue weighted by Gasteiger charge is -2.34. The van der Waals surface area contributed by atoms with Crippen LogP contribution in [0.15, 0.2) is 30.0 Å². The first-order valence-corrected chi connectivity index (χ1v) is 7.32. The van der Waals surface area contributed by atoms with E-state index in [1.165, 1.54) is 0 Å². The SMILES string of the molecule is COc1ccc([C@@]23CCCC=C2N(C)C(=O)C3)cc1OC. The number of hydrogen-bond acceptors (Lipinski definition) is 3. The van der Waals surface area contributed by atoms with E-state index in [1.807, 2.05) is 24.1 Å². The smallest absolute Gasteiger partial charge is 0.227 e. The van der Waals surface area contributed by atoms with Crippen LogP contribution in [0.5, 0.6) is 11.5 Å². The topological polar surface area (TPSA) is 38.8 Å². The third kappa shape index (κ3) is 2.01. The van der Waals surface area contributed by atoms with Crippen molar-refractivity contribution in [2.45, 2.75) is 31.1 Å². The number of amides is 1. The van der Waals surface area contributed by atoms with E-state index in [0.717, 1.165) is 42.0 Å². The minimum atomic E-state index is -0.191. The molecule has 4 nitrogen and oxygen atoms in total. The molecular weight excluding hydrogens is 266 g/mol. The van der Waals surface area contributed by atoms with Crippen LogP contribution in [-0.4, -0.2) is 32.1 Å². The number of rotatable bonds is 3. The van der Waals surface area contributed by atoms with Crippen LogP contribution >= 0.6 is 0 Å². The van der Waals surface area contributed by atoms with E-state index in [-0.39, 0.29) is 11.3 Å². The van der Waals surface area contributed by atoms with Gasteiger partial charge in [0.15, 0.2) is 11.5 Å². The molecule has 0 bridgehead atoms. The summed E-state index contributed by atoms with van der Waals surface area (Å²) in [5.74, 6) is 1.63. The summed E-state index contributed by atoms with van der Waals surface area (Å²) >= 11 is 0. The van der Waals surface area contributed by atoms with Gasteiger partial charge in [-0.25, -0.2) is 0 Å². The second kappa shape index (κ2) is 5.10. The van der Waals surface area contributed by atoms with Gasteiger partial charge in [0.2, 0.25) is 5.91 Å². The van der Waals surface area contributed by atoms with Crippen LogP contribution < -0.4 is 9.47 Å². The van der Waals surface area contributed by atoms with Crippen LogP contribution in [0.2, 0.25) is 0 Å². The zero-order valence-electron chi connectivity index (χ0n) is 12.8. The van der Waals surface area contributed by atoms with Crippen molar-refractivity contribution in [2.75, 3.05) is 21.3 Å². The molecule has 0 unspecified atom stereocenters. The van der Waals surface area contributed by atoms with Crippen molar-refractivity contribution in [3.05, 3.63) is 35.5 Å². The van der Waals surface area contributed by atoms with E-state index in [0.29, 0.717) is 6.42 Å². The Labute approximate surface area is 125 Å². The highest BCUT2D eigenvalue weighted by Gasteiger charge is 2.48. The van der Waals surface area contributed by atoms with Crippen molar-refractivity contribution < 1.29 is 14.3 Å². The van der Waals surface area contributed by atoms with E-state index in [2.05, 4.69) is 12.1 Å². The zero-order valence-corrected chi connectivity index (χ0v) is 12.8. The Bertz CT molecular complexity index is 608. The van der Waals surface area contributed by atoms with Gasteiger partial charge < -0.3 is 14.4 Å². The molecule has 4 heteroatoms. The van der Waals surface area contributed by atoms with Crippen molar-refractivity contribution in [3.63, 3.8) is 0 Å². The number of fused-ring (bicyclic) bond motifs is 1. The molecule has 0 N–H and O–H groups in total. The highest BCUT2D eigenvalue weighted by molar-refractivity contribution is 5.85. The molecule has 1 heterocycles. The van der Waals surface area contributed by atoms with Crippen molar-refractivity contribution >= 4 is 5.91 Å². The molecule has 0 spiro atoms. The van der Waals surface area contributed by atoms with E-state index in [1.54, 1.807) is 14.2 Å². The van der Waals surface area contributed by atoms with Crippen molar-refractivity contribution in [1.29, 1.82) is 0 Å². The van der Waals surface area contributed by atoms with E-state index in [9.17, 15) is 4.79 Å². The van der Waals surface area contributed by atoms with E-state index < -0.39 is 0 Å². The summed E-state index contributed by atoms with van der Waals surface area (Å²) in [6.45, 7) is 0. The molecule has 1 aliphatic carbocycles. The molecule has 1 atom stereocenters. The van der Waals surface area contributed by atoms with Crippen LogP contribution in [0.1, 0.15) is 31.2 Å². The number of methoxy groups -OCH3 is 2. The summed E-state index contributed by atoms with van der Waals surface area (Å²) in [6.07, 6.45) is 5.92. The minimum Gasteiger partial charge on any atom is -0.493 e. The molecule has 112 valence electrons. The average molecular weight is 287 g/mol. The molecular formula is C17H21NO3. The molecule has 0 radical (unpaired) electrons. The maximum atomic E-state index is 12.2. The summed E-state index contributed by atoms with van der Waals surface area (Å²) in [5, 5.41) is 0. The Kier molecular flexibility index (Phi) is 3.40. The van der Waals surface area contributed by atoms with Gasteiger partial charge in [-0.15, -0.1) is 0 Å². The Morgan fingerprint density at radius 2 is 1.95 bits per heavy atom. The normalized spacial score (nSPS) is 24.6. The second-order valence-electron chi connectivity index (χ2n) is 5.76. The van der Waals surface area contributed by atoms with Gasteiger partial charge in [0.25, 0.3) is 0 Å². The van der Waals surface area contributed by atoms with Gasteiger partial charge in [0, 0.05) is 24.6 Å². The lowest BCUT2D eigenvalue weighted by atomic mass is 9.70. The maximum absolute atomic E-state index is 12.2. The second-order valence-corrected chi connectivity index (χ2v) is 5.76. The number of carbonyl (C=O) groups excluding carboxylic acids is 1. The van der Waals surface area contributed by atoms with Crippen LogP contribution in [0, 0.1) is 0 Å². The fourth-order valence-electron chi connectivity index (χ4n) is 3.64. The van der Waals surface area contributed by atoms with Gasteiger partial charge in [0.1, 0.15) is 0 Å². The van der Waals surface area contributed by atoms with Gasteiger partial charge >= 0.3 is 0 Å². The van der Waals surface area contributed by atoms with E-state index in [4.69, 9.17) is 9.47 Å². The van der Waals surface area contributed by atoms with Crippen LogP contribution in [0.3, 0.4) is 0 Å². The van der Waals surface area contributed by atoms with Gasteiger partial charge in [0.05, 0.1) is 14.2 Å². The maximum Gasteiger partial charge on any atom is 0.227 e. The third-order valence-electron chi connectivity index (χ3n) is 4.76. The monoisotopic (exact) mass is 287 g/mol. The average Bonchev–Trinajstić information content (AvgIpc) is 2.79. The molecule has 2 aliphatic rings. The fraction of sp³-hybridized carbons (Fsp3) is 0.471. The summed E-state index contributed by atoms with van der Waals surface area (Å²) < 4.78 is 10.7. The highest BCUT2D eigenvalue weighted by atomic mass is 16.5. The van der Waals surface area contributed by atoms with Crippen molar-refractivity contribution in [3.8, 4) is 11.5 Å². The number of likely N-dealkylation sites (N-methyl/N-ethyl adjacent to an activating group) is 1. The summed E-state index contributed by atoms with van der Waals surface area (Å²) in [4.78, 5) is 14.0. The first-order chi connectivity index (χ1) is 10.1. The number of benzene rings is 1. The molecule has 3 rings (SSSR count). The molecule has 1 amide bonds. The summed E-state index contributed by atoms with van der Waals surface area (Å²) in [7, 11) is 5.15. The first kappa shape index (κ1) is 14.0. The molecule has 1 aliphatic heterocycles. The van der Waals surface area contributed by atoms with Crippen molar-refractivity contribution in [2.24, 2.45) is 0 Å². The Balaban J connectivity index is 2.11. The third-order valence-corrected chi connectivity index (χ3v) is 4.76. The van der Waals surface area contributed by atoms with Gasteiger partial charge in [-0.2, -0.15) is 0 Å². The Hall–Kier alpha value is -1.97. The van der Waals surface area contributed by atoms with Gasteiger partial charge in [-0.1, -0.05) is 12.1 Å². The summed E-state index contributed by atoms with van der Waals surface area (Å²) in [6, 6.07) is 6.01. The first-order valence-electron chi connectivity index (χ1n) is 7.32. The highest BCUT2D eigenvalue weighted by Crippen LogP contribution is 2.50. The number of likely N-dealkylation sites (tertiary alicyclic amines) is 1. The lowest BCUT2D eigenvalue weighted by molar-refractivity contribution is -0.125. The Morgan fingerprint density at radius 3 is 2.67 bits per heavy atom. The molecule has 21 heavy (non-hydrogen) atoms. The van der Waals surface area contributed by atoms with Gasteiger partial charge in [-0.3, -0.25) is 4.79 Å². The number of carbonyl (C=O) groups is 1. The quantitative estimate of drug-likeness (QED) is 0.858.